The molecule has 0 fully saturated rings. The number of hydrogen-bond donors (Lipinski definition) is 1. The molecule has 0 bridgehead atoms. The molecule has 0 amide bonds. The molecule has 0 aliphatic rings. The molecule has 1 aromatic carbocycles. The van der Waals surface area contributed by atoms with Gasteiger partial charge in [0.1, 0.15) is 5.75 Å². The minimum absolute atomic E-state index is 0.113. The standard InChI is InChI=1S/C10H10ClNO/c1-10(2,6-12)8-4-3-7(13)5-9(8)11/h3-5,13H,1-2H3. The maximum Gasteiger partial charge on any atom is 0.117 e. The lowest BCUT2D eigenvalue weighted by molar-refractivity contribution is 0.474. The Bertz CT molecular complexity index is 366. The number of phenols is 1. The van der Waals surface area contributed by atoms with Crippen LogP contribution >= 0.6 is 11.6 Å². The summed E-state index contributed by atoms with van der Waals surface area (Å²) in [6.45, 7) is 3.57. The molecular weight excluding hydrogens is 186 g/mol. The van der Waals surface area contributed by atoms with Gasteiger partial charge in [0.15, 0.2) is 0 Å². The average Bonchev–Trinajstić information content (AvgIpc) is 2.03. The zero-order chi connectivity index (χ0) is 10.1. The van der Waals surface area contributed by atoms with E-state index in [1.54, 1.807) is 19.9 Å². The highest BCUT2D eigenvalue weighted by atomic mass is 35.5. The second-order valence-corrected chi connectivity index (χ2v) is 3.81. The summed E-state index contributed by atoms with van der Waals surface area (Å²) in [7, 11) is 0. The van der Waals surface area contributed by atoms with Crippen molar-refractivity contribution in [2.24, 2.45) is 0 Å². The summed E-state index contributed by atoms with van der Waals surface area (Å²) in [5.74, 6) is 0.113. The largest absolute Gasteiger partial charge is 0.508 e. The summed E-state index contributed by atoms with van der Waals surface area (Å²) in [5, 5.41) is 18.4. The average molecular weight is 196 g/mol. The molecule has 1 N–H and O–H groups in total. The van der Waals surface area contributed by atoms with Crippen LogP contribution in [0.25, 0.3) is 0 Å². The first-order valence-corrected chi connectivity index (χ1v) is 4.25. The van der Waals surface area contributed by atoms with E-state index in [0.717, 1.165) is 5.56 Å². The number of halogens is 1. The van der Waals surface area contributed by atoms with E-state index in [1.165, 1.54) is 12.1 Å². The lowest BCUT2D eigenvalue weighted by atomic mass is 9.86. The topological polar surface area (TPSA) is 44.0 Å². The van der Waals surface area contributed by atoms with Gasteiger partial charge in [0.05, 0.1) is 11.5 Å². The molecule has 0 aromatic heterocycles. The molecule has 3 heteroatoms. The van der Waals surface area contributed by atoms with Crippen molar-refractivity contribution in [3.05, 3.63) is 28.8 Å². The number of benzene rings is 1. The SMILES string of the molecule is CC(C)(C#N)c1ccc(O)cc1Cl. The quantitative estimate of drug-likeness (QED) is 0.749. The van der Waals surface area contributed by atoms with Crippen molar-refractivity contribution < 1.29 is 5.11 Å². The molecule has 13 heavy (non-hydrogen) atoms. The Hall–Kier alpha value is -1.20. The van der Waals surface area contributed by atoms with Gasteiger partial charge in [0.2, 0.25) is 0 Å². The Kier molecular flexibility index (Phi) is 2.49. The third kappa shape index (κ3) is 1.93. The molecule has 68 valence electrons. The number of rotatable bonds is 1. The minimum atomic E-state index is -0.620. The first-order chi connectivity index (χ1) is 5.97. The van der Waals surface area contributed by atoms with Gasteiger partial charge in [-0.3, -0.25) is 0 Å². The van der Waals surface area contributed by atoms with E-state index in [1.807, 2.05) is 0 Å². The normalized spacial score (nSPS) is 10.9. The number of nitrogens with zero attached hydrogens (tertiary/aromatic N) is 1. The van der Waals surface area contributed by atoms with Gasteiger partial charge in [0.25, 0.3) is 0 Å². The highest BCUT2D eigenvalue weighted by Crippen LogP contribution is 2.31. The van der Waals surface area contributed by atoms with Crippen LogP contribution in [-0.2, 0) is 5.41 Å². The highest BCUT2D eigenvalue weighted by molar-refractivity contribution is 6.31. The predicted molar refractivity (Wildman–Crippen MR) is 51.8 cm³/mol. The lowest BCUT2D eigenvalue weighted by Crippen LogP contribution is -2.14. The lowest BCUT2D eigenvalue weighted by Gasteiger charge is -2.17. The molecular formula is C10H10ClNO. The molecule has 1 rings (SSSR count). The van der Waals surface area contributed by atoms with Crippen LogP contribution in [0.2, 0.25) is 5.02 Å². The zero-order valence-electron chi connectivity index (χ0n) is 7.50. The Morgan fingerprint density at radius 3 is 2.54 bits per heavy atom. The molecule has 0 aliphatic carbocycles. The van der Waals surface area contributed by atoms with Crippen molar-refractivity contribution in [3.8, 4) is 11.8 Å². The van der Waals surface area contributed by atoms with Crippen LogP contribution in [0.15, 0.2) is 18.2 Å². The van der Waals surface area contributed by atoms with E-state index in [2.05, 4.69) is 6.07 Å². The van der Waals surface area contributed by atoms with Gasteiger partial charge in [-0.05, 0) is 31.5 Å². The second-order valence-electron chi connectivity index (χ2n) is 3.40. The molecule has 0 radical (unpaired) electrons. The second kappa shape index (κ2) is 3.27. The van der Waals surface area contributed by atoms with E-state index in [4.69, 9.17) is 22.0 Å². The van der Waals surface area contributed by atoms with Crippen molar-refractivity contribution in [3.63, 3.8) is 0 Å². The fourth-order valence-corrected chi connectivity index (χ4v) is 1.48. The highest BCUT2D eigenvalue weighted by Gasteiger charge is 2.22. The van der Waals surface area contributed by atoms with Crippen LogP contribution in [-0.4, -0.2) is 5.11 Å². The monoisotopic (exact) mass is 195 g/mol. The molecule has 0 unspecified atom stereocenters. The van der Waals surface area contributed by atoms with Gasteiger partial charge < -0.3 is 5.11 Å². The van der Waals surface area contributed by atoms with Gasteiger partial charge in [-0.1, -0.05) is 17.7 Å². The van der Waals surface area contributed by atoms with E-state index in [-0.39, 0.29) is 5.75 Å². The number of nitriles is 1. The van der Waals surface area contributed by atoms with E-state index >= 15 is 0 Å². The maximum atomic E-state index is 9.11. The van der Waals surface area contributed by atoms with Crippen LogP contribution in [0.5, 0.6) is 5.75 Å². The van der Waals surface area contributed by atoms with Crippen LogP contribution in [0.1, 0.15) is 19.4 Å². The summed E-state index contributed by atoms with van der Waals surface area (Å²) in [4.78, 5) is 0. The van der Waals surface area contributed by atoms with Gasteiger partial charge in [-0.25, -0.2) is 0 Å². The Balaban J connectivity index is 3.26. The molecule has 0 atom stereocenters. The van der Waals surface area contributed by atoms with Gasteiger partial charge in [0, 0.05) is 5.02 Å². The Labute approximate surface area is 82.4 Å². The van der Waals surface area contributed by atoms with Gasteiger partial charge >= 0.3 is 0 Å². The van der Waals surface area contributed by atoms with Gasteiger partial charge in [-0.2, -0.15) is 5.26 Å². The van der Waals surface area contributed by atoms with Crippen molar-refractivity contribution in [1.29, 1.82) is 5.26 Å². The Morgan fingerprint density at radius 2 is 2.08 bits per heavy atom. The minimum Gasteiger partial charge on any atom is -0.508 e. The summed E-state index contributed by atoms with van der Waals surface area (Å²) in [6.07, 6.45) is 0. The third-order valence-corrected chi connectivity index (χ3v) is 2.22. The fourth-order valence-electron chi connectivity index (χ4n) is 1.07. The summed E-state index contributed by atoms with van der Waals surface area (Å²) in [5.41, 5.74) is 0.111. The van der Waals surface area contributed by atoms with Crippen molar-refractivity contribution in [2.75, 3.05) is 0 Å². The van der Waals surface area contributed by atoms with Crippen LogP contribution in [0, 0.1) is 11.3 Å². The predicted octanol–water partition coefficient (Wildman–Crippen LogP) is 2.85. The molecule has 0 aliphatic heterocycles. The van der Waals surface area contributed by atoms with Crippen molar-refractivity contribution in [2.45, 2.75) is 19.3 Å². The molecule has 0 heterocycles. The first-order valence-electron chi connectivity index (χ1n) is 3.87. The number of hydrogen-bond acceptors (Lipinski definition) is 2. The smallest absolute Gasteiger partial charge is 0.117 e. The number of phenolic OH excluding ortho intramolecular Hbond substituents is 1. The van der Waals surface area contributed by atoms with E-state index in [9.17, 15) is 0 Å². The summed E-state index contributed by atoms with van der Waals surface area (Å²) in [6, 6.07) is 6.79. The number of aromatic hydroxyl groups is 1. The summed E-state index contributed by atoms with van der Waals surface area (Å²) >= 11 is 5.88. The van der Waals surface area contributed by atoms with Crippen molar-refractivity contribution >= 4 is 11.6 Å². The Morgan fingerprint density at radius 1 is 1.46 bits per heavy atom. The van der Waals surface area contributed by atoms with Crippen molar-refractivity contribution in [1.82, 2.24) is 0 Å². The molecule has 2 nitrogen and oxygen atoms in total. The fraction of sp³-hybridized carbons (Fsp3) is 0.300. The first kappa shape index (κ1) is 9.88. The molecule has 0 spiro atoms. The van der Waals surface area contributed by atoms with Crippen LogP contribution in [0.3, 0.4) is 0 Å². The molecule has 1 aromatic rings. The third-order valence-electron chi connectivity index (χ3n) is 1.91. The van der Waals surface area contributed by atoms with Gasteiger partial charge in [-0.15, -0.1) is 0 Å². The zero-order valence-corrected chi connectivity index (χ0v) is 8.26. The van der Waals surface area contributed by atoms with Crippen LogP contribution in [0.4, 0.5) is 0 Å². The van der Waals surface area contributed by atoms with Crippen LogP contribution < -0.4 is 0 Å². The summed E-state index contributed by atoms with van der Waals surface area (Å²) < 4.78 is 0. The maximum absolute atomic E-state index is 9.11. The molecule has 0 saturated heterocycles. The van der Waals surface area contributed by atoms with E-state index in [0.29, 0.717) is 5.02 Å². The van der Waals surface area contributed by atoms with E-state index < -0.39 is 5.41 Å². The molecule has 0 saturated carbocycles.